The summed E-state index contributed by atoms with van der Waals surface area (Å²) in [4.78, 5) is 12.3. The van der Waals surface area contributed by atoms with Crippen LogP contribution in [0.25, 0.3) is 0 Å². The molecule has 0 N–H and O–H groups in total. The molecule has 0 unspecified atom stereocenters. The van der Waals surface area contributed by atoms with Gasteiger partial charge in [0.25, 0.3) is 15.9 Å². The van der Waals surface area contributed by atoms with E-state index in [1.54, 1.807) is 18.2 Å². The number of hydrogen-bond donors (Lipinski definition) is 0. The number of fused-ring (bicyclic) bond motifs is 1. The Kier molecular flexibility index (Phi) is 4.85. The first-order valence-corrected chi connectivity index (χ1v) is 10.1. The lowest BCUT2D eigenvalue weighted by Crippen LogP contribution is -2.32. The zero-order valence-corrected chi connectivity index (χ0v) is 14.8. The minimum atomic E-state index is -3.76. The van der Waals surface area contributed by atoms with E-state index in [0.29, 0.717) is 16.5 Å². The Morgan fingerprint density at radius 3 is 2.62 bits per heavy atom. The molecule has 0 saturated carbocycles. The van der Waals surface area contributed by atoms with Crippen LogP contribution in [0.3, 0.4) is 0 Å². The lowest BCUT2D eigenvalue weighted by molar-refractivity contribution is 0.0876. The largest absolute Gasteiger partial charge is 0.269 e. The number of amides is 1. The lowest BCUT2D eigenvalue weighted by atomic mass is 10.2. The number of benzene rings is 2. The zero-order valence-electron chi connectivity index (χ0n) is 12.4. The van der Waals surface area contributed by atoms with Crippen molar-refractivity contribution < 1.29 is 17.6 Å². The van der Waals surface area contributed by atoms with Gasteiger partial charge in [0, 0.05) is 23.1 Å². The van der Waals surface area contributed by atoms with E-state index in [9.17, 15) is 17.6 Å². The summed E-state index contributed by atoms with van der Waals surface area (Å²) in [6.07, 6.45) is 0. The summed E-state index contributed by atoms with van der Waals surface area (Å²) >= 11 is 7.38. The summed E-state index contributed by atoms with van der Waals surface area (Å²) in [5, 5.41) is 0.333. The Morgan fingerprint density at radius 1 is 1.17 bits per heavy atom. The van der Waals surface area contributed by atoms with Crippen LogP contribution in [0.4, 0.5) is 4.39 Å². The van der Waals surface area contributed by atoms with Gasteiger partial charge in [-0.05, 0) is 29.8 Å². The second-order valence-electron chi connectivity index (χ2n) is 5.17. The van der Waals surface area contributed by atoms with Crippen molar-refractivity contribution in [3.8, 4) is 0 Å². The van der Waals surface area contributed by atoms with Gasteiger partial charge in [0.1, 0.15) is 10.7 Å². The van der Waals surface area contributed by atoms with Crippen molar-refractivity contribution in [2.75, 3.05) is 12.3 Å². The summed E-state index contributed by atoms with van der Waals surface area (Å²) in [6, 6.07) is 10.3. The molecule has 2 aromatic rings. The van der Waals surface area contributed by atoms with Crippen LogP contribution in [-0.4, -0.2) is 30.9 Å². The van der Waals surface area contributed by atoms with Crippen LogP contribution >= 0.6 is 23.4 Å². The monoisotopic (exact) mass is 385 g/mol. The van der Waals surface area contributed by atoms with Crippen LogP contribution in [0.15, 0.2) is 47.4 Å². The molecule has 1 heterocycles. The molecule has 126 valence electrons. The first-order chi connectivity index (χ1) is 11.4. The number of carbonyl (C=O) groups is 1. The molecule has 0 aromatic heterocycles. The molecule has 0 saturated heterocycles. The molecule has 1 aliphatic heterocycles. The Bertz CT molecular complexity index is 902. The van der Waals surface area contributed by atoms with Gasteiger partial charge in [-0.25, -0.2) is 17.1 Å². The highest BCUT2D eigenvalue weighted by molar-refractivity contribution is 7.98. The third-order valence-corrected chi connectivity index (χ3v) is 6.80. The molecule has 1 aliphatic rings. The van der Waals surface area contributed by atoms with E-state index in [2.05, 4.69) is 0 Å². The molecular formula is C16H13ClFNO3S2. The van der Waals surface area contributed by atoms with E-state index in [4.69, 9.17) is 11.6 Å². The van der Waals surface area contributed by atoms with Gasteiger partial charge >= 0.3 is 0 Å². The molecule has 0 fully saturated rings. The number of carbonyl (C=O) groups excluding carboxylic acids is 1. The fourth-order valence-corrected chi connectivity index (χ4v) is 5.35. The smallest absolute Gasteiger partial charge is 0.268 e. The third kappa shape index (κ3) is 3.16. The van der Waals surface area contributed by atoms with Crippen molar-refractivity contribution in [2.45, 2.75) is 10.6 Å². The van der Waals surface area contributed by atoms with E-state index in [1.165, 1.54) is 36.0 Å². The van der Waals surface area contributed by atoms with Gasteiger partial charge in [-0.3, -0.25) is 4.79 Å². The predicted octanol–water partition coefficient (Wildman–Crippen LogP) is 3.56. The topological polar surface area (TPSA) is 54.5 Å². The number of halogens is 2. The van der Waals surface area contributed by atoms with Gasteiger partial charge in [-0.1, -0.05) is 29.8 Å². The van der Waals surface area contributed by atoms with E-state index in [-0.39, 0.29) is 17.0 Å². The molecule has 3 rings (SSSR count). The average molecular weight is 386 g/mol. The molecule has 0 atom stereocenters. The molecule has 4 nitrogen and oxygen atoms in total. The number of nitrogens with zero attached hydrogens (tertiary/aromatic N) is 1. The maximum atomic E-state index is 13.0. The zero-order chi connectivity index (χ0) is 17.3. The molecule has 2 aromatic carbocycles. The van der Waals surface area contributed by atoms with Crippen LogP contribution in [0.5, 0.6) is 0 Å². The van der Waals surface area contributed by atoms with E-state index >= 15 is 0 Å². The summed E-state index contributed by atoms with van der Waals surface area (Å²) < 4.78 is 38.7. The minimum Gasteiger partial charge on any atom is -0.268 e. The van der Waals surface area contributed by atoms with Crippen molar-refractivity contribution in [1.82, 2.24) is 4.31 Å². The van der Waals surface area contributed by atoms with Crippen molar-refractivity contribution in [3.63, 3.8) is 0 Å². The maximum Gasteiger partial charge on any atom is 0.269 e. The fraction of sp³-hybridized carbons (Fsp3) is 0.188. The van der Waals surface area contributed by atoms with Crippen molar-refractivity contribution >= 4 is 39.3 Å². The molecule has 0 bridgehead atoms. The van der Waals surface area contributed by atoms with Crippen molar-refractivity contribution in [3.05, 3.63) is 64.4 Å². The quantitative estimate of drug-likeness (QED) is 0.738. The molecular weight excluding hydrogens is 373 g/mol. The van der Waals surface area contributed by atoms with Gasteiger partial charge in [0.2, 0.25) is 0 Å². The average Bonchev–Trinajstić information content (AvgIpc) is 2.74. The second kappa shape index (κ2) is 6.74. The van der Waals surface area contributed by atoms with Crippen molar-refractivity contribution in [2.24, 2.45) is 0 Å². The van der Waals surface area contributed by atoms with Crippen molar-refractivity contribution in [1.29, 1.82) is 0 Å². The molecule has 0 aliphatic carbocycles. The van der Waals surface area contributed by atoms with E-state index in [1.807, 2.05) is 0 Å². The minimum absolute atomic E-state index is 0.0570. The first-order valence-electron chi connectivity index (χ1n) is 7.09. The Hall–Kier alpha value is -1.57. The van der Waals surface area contributed by atoms with E-state index < -0.39 is 21.7 Å². The highest BCUT2D eigenvalue weighted by atomic mass is 35.5. The van der Waals surface area contributed by atoms with Gasteiger partial charge in [0.15, 0.2) is 0 Å². The normalized spacial score (nSPS) is 15.6. The number of hydrogen-bond acceptors (Lipinski definition) is 4. The summed E-state index contributed by atoms with van der Waals surface area (Å²) in [5.41, 5.74) is 0.978. The molecule has 1 amide bonds. The molecule has 8 heteroatoms. The Labute approximate surface area is 148 Å². The predicted molar refractivity (Wildman–Crippen MR) is 92.2 cm³/mol. The molecule has 0 spiro atoms. The number of rotatable bonds is 5. The van der Waals surface area contributed by atoms with Crippen LogP contribution in [0.1, 0.15) is 15.9 Å². The Balaban J connectivity index is 1.63. The third-order valence-electron chi connectivity index (χ3n) is 3.62. The van der Waals surface area contributed by atoms with Gasteiger partial charge in [0.05, 0.1) is 5.56 Å². The van der Waals surface area contributed by atoms with Gasteiger partial charge in [-0.2, -0.15) is 11.8 Å². The highest BCUT2D eigenvalue weighted by Gasteiger charge is 2.40. The summed E-state index contributed by atoms with van der Waals surface area (Å²) in [7, 11) is -3.76. The first kappa shape index (κ1) is 17.3. The lowest BCUT2D eigenvalue weighted by Gasteiger charge is -2.14. The standard InChI is InChI=1S/C16H13ClFNO3S2/c17-14-9-12(18)6-5-11(14)10-23-8-7-19-16(20)13-3-1-2-4-15(13)24(19,21)22/h1-6,9H,7-8,10H2. The van der Waals surface area contributed by atoms with Crippen LogP contribution in [-0.2, 0) is 15.8 Å². The van der Waals surface area contributed by atoms with Gasteiger partial charge in [-0.15, -0.1) is 0 Å². The number of thioether (sulfide) groups is 1. The molecule has 0 radical (unpaired) electrons. The second-order valence-corrected chi connectivity index (χ2v) is 8.51. The van der Waals surface area contributed by atoms with Crippen LogP contribution in [0.2, 0.25) is 5.02 Å². The summed E-state index contributed by atoms with van der Waals surface area (Å²) in [5.74, 6) is 0.0344. The summed E-state index contributed by atoms with van der Waals surface area (Å²) in [6.45, 7) is 0.0827. The highest BCUT2D eigenvalue weighted by Crippen LogP contribution is 2.30. The fourth-order valence-electron chi connectivity index (χ4n) is 2.42. The SMILES string of the molecule is O=C1c2ccccc2S(=O)(=O)N1CCSCc1ccc(F)cc1Cl. The van der Waals surface area contributed by atoms with E-state index in [0.717, 1.165) is 9.87 Å². The van der Waals surface area contributed by atoms with Crippen LogP contribution in [0, 0.1) is 5.82 Å². The Morgan fingerprint density at radius 2 is 1.92 bits per heavy atom. The molecule has 24 heavy (non-hydrogen) atoms. The number of sulfonamides is 1. The maximum absolute atomic E-state index is 13.0. The van der Waals surface area contributed by atoms with Gasteiger partial charge < -0.3 is 0 Å². The van der Waals surface area contributed by atoms with Crippen LogP contribution < -0.4 is 0 Å².